The van der Waals surface area contributed by atoms with Gasteiger partial charge in [0.1, 0.15) is 72.2 Å². The summed E-state index contributed by atoms with van der Waals surface area (Å²) in [5.41, 5.74) is 0.892. The van der Waals surface area contributed by atoms with E-state index < -0.39 is 53.7 Å². The summed E-state index contributed by atoms with van der Waals surface area (Å²) < 4.78 is 130. The summed E-state index contributed by atoms with van der Waals surface area (Å²) in [4.78, 5) is 48.2. The molecule has 0 aliphatic carbocycles. The van der Waals surface area contributed by atoms with Crippen molar-refractivity contribution in [2.45, 2.75) is 113 Å². The van der Waals surface area contributed by atoms with Crippen molar-refractivity contribution in [1.29, 1.82) is 0 Å². The summed E-state index contributed by atoms with van der Waals surface area (Å²) in [5.74, 6) is 1.96. The van der Waals surface area contributed by atoms with Crippen LogP contribution in [-0.4, -0.2) is 139 Å². The number of benzene rings is 4. The second-order valence-corrected chi connectivity index (χ2v) is 22.3. The van der Waals surface area contributed by atoms with Crippen molar-refractivity contribution in [2.24, 2.45) is 28.2 Å². The molecule has 12 aromatic rings. The average molecular weight is 1370 g/mol. The van der Waals surface area contributed by atoms with Crippen LogP contribution in [-0.2, 0) is 66.5 Å². The van der Waals surface area contributed by atoms with Crippen LogP contribution >= 0.6 is 0 Å². The Hall–Kier alpha value is -12.2. The van der Waals surface area contributed by atoms with Crippen LogP contribution in [0.25, 0.3) is 23.3 Å². The molecular weight excluding hydrogens is 1300 g/mol. The van der Waals surface area contributed by atoms with E-state index >= 15 is 0 Å². The van der Waals surface area contributed by atoms with E-state index in [1.165, 1.54) is 52.5 Å². The Balaban J connectivity index is 0.000000158. The zero-order valence-electron chi connectivity index (χ0n) is 58.6. The highest BCUT2D eigenvalue weighted by Gasteiger charge is 2.38. The molecule has 0 aliphatic rings. The zero-order chi connectivity index (χ0) is 74.4. The molecule has 41 heteroatoms. The first-order chi connectivity index (χ1) is 48.1. The number of tetrazole rings is 4. The maximum Gasteiger partial charge on any atom is 0.506 e. The van der Waals surface area contributed by atoms with Crippen molar-refractivity contribution in [3.8, 4) is 46.3 Å². The van der Waals surface area contributed by atoms with Crippen molar-refractivity contribution in [2.75, 3.05) is 0 Å². The fraction of sp³-hybridized carbons (Fsp3) is 0.368. The van der Waals surface area contributed by atoms with Crippen LogP contribution in [0.2, 0.25) is 0 Å². The van der Waals surface area contributed by atoms with Crippen LogP contribution in [0.1, 0.15) is 97.7 Å². The van der Waals surface area contributed by atoms with Gasteiger partial charge in [0.2, 0.25) is 23.3 Å². The third-order valence-corrected chi connectivity index (χ3v) is 13.8. The van der Waals surface area contributed by atoms with Crippen LogP contribution in [0.15, 0.2) is 116 Å². The fourth-order valence-electron chi connectivity index (χ4n) is 8.70. The lowest BCUT2D eigenvalue weighted by molar-refractivity contribution is -0.215. The first-order valence-electron chi connectivity index (χ1n) is 31.0. The van der Waals surface area contributed by atoms with E-state index in [0.717, 1.165) is 43.9 Å². The van der Waals surface area contributed by atoms with Gasteiger partial charge in [-0.25, -0.2) is 28.5 Å². The Bertz CT molecular complexity index is 4890. The molecule has 0 atom stereocenters. The summed E-state index contributed by atoms with van der Waals surface area (Å²) in [6.45, 7) is 13.4. The highest BCUT2D eigenvalue weighted by atomic mass is 19.4. The fourth-order valence-corrected chi connectivity index (χ4v) is 8.70. The number of hydrogen-bond acceptors (Lipinski definition) is 24. The van der Waals surface area contributed by atoms with Gasteiger partial charge in [-0.05, 0) is 151 Å². The summed E-state index contributed by atoms with van der Waals surface area (Å²) >= 11 is 0. The molecule has 0 N–H and O–H groups in total. The normalized spacial score (nSPS) is 12.0. The molecule has 8 aromatic heterocycles. The third kappa shape index (κ3) is 15.6. The molecule has 98 heavy (non-hydrogen) atoms. The summed E-state index contributed by atoms with van der Waals surface area (Å²) in [6.07, 6.45) is -4.87. The molecular formula is C57H65F5N28O8. The minimum absolute atomic E-state index is 0.0314. The van der Waals surface area contributed by atoms with Crippen molar-refractivity contribution in [3.63, 3.8) is 0 Å². The predicted molar refractivity (Wildman–Crippen MR) is 331 cm³/mol. The van der Waals surface area contributed by atoms with E-state index in [1.54, 1.807) is 71.7 Å². The monoisotopic (exact) mass is 1370 g/mol. The van der Waals surface area contributed by atoms with Crippen LogP contribution in [0, 0.1) is 27.7 Å². The summed E-state index contributed by atoms with van der Waals surface area (Å²) in [5, 5.41) is 59.1. The van der Waals surface area contributed by atoms with Crippen molar-refractivity contribution in [1.82, 2.24) is 139 Å². The van der Waals surface area contributed by atoms with Gasteiger partial charge in [0, 0.05) is 34.2 Å². The Morgan fingerprint density at radius 2 is 0.684 bits per heavy atom. The lowest BCUT2D eigenvalue weighted by atomic mass is 10.1. The predicted octanol–water partition coefficient (Wildman–Crippen LogP) is 3.99. The summed E-state index contributed by atoms with van der Waals surface area (Å²) in [7, 11) is 5.69. The standard InChI is InChI=1S/C16H21N7O2.C15H19N7O2.C13H12F3N7O2.C13H13F2N7O2/c1-11-8-6-7-9-13(11)25-10-12-14(17-18-23(12)16(2,3)4)22-15(24)21(5)19-20-22;1-10(2)21-12(9-24-13-8-6-5-7-11(13)3)14(16-17-21)22-15(23)20(4)18-19-22;1-8-5-3-4-6-10(8)25-7-9-11(17-18-23(9)13(14,15)16)22-12(24)21(2)19-20-22;1-8-5-3-4-6-10(8)24-7-9-11(16-17-21(9)12(14)15)22-13(23)20(2)18-19-22/h6-9H,10H2,1-5H3;5-8,10H,9H2,1-4H3;3-6H,7H2,1-2H3;3-6,12H,7H2,1-2H3/i6T;5T;2*3T. The molecule has 0 radical (unpaired) electrons. The second-order valence-electron chi connectivity index (χ2n) is 22.3. The van der Waals surface area contributed by atoms with Gasteiger partial charge in [-0.3, -0.25) is 0 Å². The van der Waals surface area contributed by atoms with E-state index in [2.05, 4.69) is 83.0 Å². The number of halogens is 5. The number of aromatic nitrogens is 28. The molecule has 0 aliphatic heterocycles. The van der Waals surface area contributed by atoms with Crippen LogP contribution in [0.3, 0.4) is 0 Å². The van der Waals surface area contributed by atoms with Crippen molar-refractivity contribution < 1.29 is 46.4 Å². The Kier molecular flexibility index (Phi) is 19.5. The Labute approximate surface area is 555 Å². The third-order valence-electron chi connectivity index (χ3n) is 13.8. The molecule has 0 saturated heterocycles. The molecule has 36 nitrogen and oxygen atoms in total. The number of rotatable bonds is 18. The van der Waals surface area contributed by atoms with Gasteiger partial charge >= 0.3 is 35.6 Å². The molecule has 12 rings (SSSR count). The number of hydrogen-bond donors (Lipinski definition) is 0. The summed E-state index contributed by atoms with van der Waals surface area (Å²) in [6, 6.07) is 20.7. The molecule has 4 aromatic carbocycles. The van der Waals surface area contributed by atoms with Crippen molar-refractivity contribution >= 4 is 0 Å². The first kappa shape index (κ1) is 64.5. The number of alkyl halides is 5. The van der Waals surface area contributed by atoms with Gasteiger partial charge in [-0.15, -0.1) is 57.0 Å². The Morgan fingerprint density at radius 1 is 0.408 bits per heavy atom. The van der Waals surface area contributed by atoms with Crippen LogP contribution in [0.5, 0.6) is 23.0 Å². The zero-order valence-corrected chi connectivity index (χ0v) is 54.6. The van der Waals surface area contributed by atoms with E-state index in [9.17, 15) is 41.1 Å². The largest absolute Gasteiger partial charge is 0.506 e. The smallest absolute Gasteiger partial charge is 0.487 e. The molecule has 0 saturated carbocycles. The van der Waals surface area contributed by atoms with E-state index in [-0.39, 0.29) is 65.2 Å². The average Bonchev–Trinajstić information content (AvgIpc) is 1.66. The van der Waals surface area contributed by atoms with Gasteiger partial charge in [-0.1, -0.05) is 93.6 Å². The van der Waals surface area contributed by atoms with Gasteiger partial charge < -0.3 is 18.9 Å². The molecule has 0 unspecified atom stereocenters. The van der Waals surface area contributed by atoms with E-state index in [0.29, 0.717) is 73.1 Å². The Morgan fingerprint density at radius 3 is 0.959 bits per heavy atom. The van der Waals surface area contributed by atoms with Gasteiger partial charge in [-0.2, -0.15) is 32.2 Å². The number of nitrogens with zero attached hydrogens (tertiary/aromatic N) is 28. The topological polar surface area (TPSA) is 371 Å². The quantitative estimate of drug-likeness (QED) is 0.110. The van der Waals surface area contributed by atoms with Crippen molar-refractivity contribution in [3.05, 3.63) is 184 Å². The highest BCUT2D eigenvalue weighted by molar-refractivity contribution is 5.37. The van der Waals surface area contributed by atoms with Gasteiger partial charge in [0.15, 0.2) is 0 Å². The number of ether oxygens (including phenoxy) is 4. The lowest BCUT2D eigenvalue weighted by Gasteiger charge is -2.21. The molecule has 0 amide bonds. The maximum absolute atomic E-state index is 13.2. The van der Waals surface area contributed by atoms with Gasteiger partial charge in [0.05, 0.1) is 11.0 Å². The van der Waals surface area contributed by atoms with Gasteiger partial charge in [0.25, 0.3) is 0 Å². The first-order valence-corrected chi connectivity index (χ1v) is 29.0. The molecule has 0 spiro atoms. The highest BCUT2D eigenvalue weighted by Crippen LogP contribution is 2.29. The van der Waals surface area contributed by atoms with Crippen LogP contribution < -0.4 is 41.7 Å². The number of aryl methyl sites for hydroxylation is 8. The lowest BCUT2D eigenvalue weighted by Crippen LogP contribution is -2.28. The van der Waals surface area contributed by atoms with Crippen LogP contribution in [0.4, 0.5) is 22.0 Å². The van der Waals surface area contributed by atoms with E-state index in [1.807, 2.05) is 48.5 Å². The minimum Gasteiger partial charge on any atom is -0.487 e. The maximum atomic E-state index is 13.2. The minimum atomic E-state index is -4.87. The SMILES string of the molecule is [3H]c1ccc(OCc2c(-n3nnn(C)c3=O)nnn2C(C)(C)C)c(C)c1.[3H]c1ccc(OCc2c(-n3nnn(C)c3=O)nnn2C(C)C)c(C)c1.[3H]c1ccc(OCc2c(-n3nnn(C)c3=O)nnn2C(F)(F)F)c(C)c1.[3H]c1ccc(OCc2c(-n3nnn(C)c3=O)nnn2C(F)F)c(C)c1. The molecule has 8 heterocycles. The second kappa shape index (κ2) is 29.6. The molecule has 0 bridgehead atoms. The molecule has 516 valence electrons. The van der Waals surface area contributed by atoms with E-state index in [4.69, 9.17) is 24.4 Å². The molecule has 0 fully saturated rings. The number of para-hydroxylation sites is 4.